The van der Waals surface area contributed by atoms with Crippen molar-refractivity contribution in [2.45, 2.75) is 20.3 Å². The molecule has 0 aliphatic carbocycles. The Morgan fingerprint density at radius 3 is 2.92 bits per heavy atom. The first-order valence-electron chi connectivity index (χ1n) is 4.63. The Kier molecular flexibility index (Phi) is 1.83. The van der Waals surface area contributed by atoms with Gasteiger partial charge in [-0.15, -0.1) is 0 Å². The van der Waals surface area contributed by atoms with Gasteiger partial charge in [0.05, 0.1) is 0 Å². The van der Waals surface area contributed by atoms with Crippen molar-refractivity contribution in [3.05, 3.63) is 29.6 Å². The Balaban J connectivity index is 2.76. The van der Waals surface area contributed by atoms with E-state index < -0.39 is 0 Å². The molecule has 2 heteroatoms. The fraction of sp³-hybridized carbons (Fsp3) is 0.364. The maximum absolute atomic E-state index is 4.44. The minimum Gasteiger partial charge on any atom is -0.335 e. The van der Waals surface area contributed by atoms with Gasteiger partial charge >= 0.3 is 0 Å². The first-order chi connectivity index (χ1) is 6.22. The summed E-state index contributed by atoms with van der Waals surface area (Å²) in [5.74, 6) is 0. The van der Waals surface area contributed by atoms with E-state index in [-0.39, 0.29) is 0 Å². The molecular weight excluding hydrogens is 160 g/mol. The molecule has 0 unspecified atom stereocenters. The summed E-state index contributed by atoms with van der Waals surface area (Å²) in [4.78, 5) is 4.44. The molecule has 0 amide bonds. The van der Waals surface area contributed by atoms with Crippen molar-refractivity contribution >= 4 is 11.0 Å². The molecule has 2 nitrogen and oxygen atoms in total. The van der Waals surface area contributed by atoms with Gasteiger partial charge in [0.1, 0.15) is 5.65 Å². The largest absolute Gasteiger partial charge is 0.335 e. The van der Waals surface area contributed by atoms with E-state index in [1.165, 1.54) is 16.5 Å². The molecule has 0 atom stereocenters. The number of aromatic nitrogens is 2. The lowest BCUT2D eigenvalue weighted by atomic mass is 10.1. The summed E-state index contributed by atoms with van der Waals surface area (Å²) in [6.45, 7) is 4.28. The summed E-state index contributed by atoms with van der Waals surface area (Å²) in [5, 5.41) is 1.28. The lowest BCUT2D eigenvalue weighted by molar-refractivity contribution is 0.942. The van der Waals surface area contributed by atoms with Crippen molar-refractivity contribution < 1.29 is 0 Å². The highest BCUT2D eigenvalue weighted by Crippen LogP contribution is 2.18. The van der Waals surface area contributed by atoms with Crippen LogP contribution in [-0.2, 0) is 13.5 Å². The third kappa shape index (κ3) is 1.22. The highest BCUT2D eigenvalue weighted by molar-refractivity contribution is 5.80. The normalized spacial score (nSPS) is 11.0. The molecule has 2 rings (SSSR count). The number of nitrogens with zero attached hydrogens (tertiary/aromatic N) is 2. The second kappa shape index (κ2) is 2.87. The van der Waals surface area contributed by atoms with Crippen LogP contribution >= 0.6 is 0 Å². The van der Waals surface area contributed by atoms with Crippen LogP contribution in [0.25, 0.3) is 11.0 Å². The number of aryl methyl sites for hydroxylation is 3. The highest BCUT2D eigenvalue weighted by Gasteiger charge is 2.03. The summed E-state index contributed by atoms with van der Waals surface area (Å²) in [6, 6.07) is 2.23. The molecule has 0 aliphatic rings. The fourth-order valence-electron chi connectivity index (χ4n) is 1.69. The van der Waals surface area contributed by atoms with Gasteiger partial charge in [0, 0.05) is 24.8 Å². The molecule has 0 aromatic carbocycles. The second-order valence-corrected chi connectivity index (χ2v) is 3.49. The topological polar surface area (TPSA) is 17.8 Å². The number of rotatable bonds is 1. The lowest BCUT2D eigenvalue weighted by Gasteiger charge is -1.97. The number of fused-ring (bicyclic) bond motifs is 1. The zero-order chi connectivity index (χ0) is 9.42. The van der Waals surface area contributed by atoms with Crippen molar-refractivity contribution in [3.8, 4) is 0 Å². The van der Waals surface area contributed by atoms with Gasteiger partial charge < -0.3 is 4.57 Å². The third-order valence-electron chi connectivity index (χ3n) is 2.48. The molecule has 0 saturated carbocycles. The van der Waals surface area contributed by atoms with E-state index in [0.717, 1.165) is 12.1 Å². The summed E-state index contributed by atoms with van der Waals surface area (Å²) in [5.41, 5.74) is 3.69. The van der Waals surface area contributed by atoms with Gasteiger partial charge in [0.2, 0.25) is 0 Å². The Hall–Kier alpha value is -1.31. The van der Waals surface area contributed by atoms with Crippen molar-refractivity contribution in [1.82, 2.24) is 9.55 Å². The van der Waals surface area contributed by atoms with Crippen LogP contribution < -0.4 is 0 Å². The molecule has 68 valence electrons. The summed E-state index contributed by atoms with van der Waals surface area (Å²) < 4.78 is 2.07. The van der Waals surface area contributed by atoms with Gasteiger partial charge in [-0.1, -0.05) is 6.92 Å². The molecule has 0 saturated heterocycles. The maximum atomic E-state index is 4.44. The van der Waals surface area contributed by atoms with Crippen LogP contribution in [0, 0.1) is 6.92 Å². The molecule has 0 N–H and O–H groups in total. The minimum absolute atomic E-state index is 1.05. The predicted molar refractivity (Wildman–Crippen MR) is 54.8 cm³/mol. The average molecular weight is 174 g/mol. The van der Waals surface area contributed by atoms with Gasteiger partial charge in [0.25, 0.3) is 0 Å². The molecule has 0 spiro atoms. The molecular formula is C11H14N2. The van der Waals surface area contributed by atoms with Gasteiger partial charge in [-0.05, 0) is 30.5 Å². The number of hydrogen-bond donors (Lipinski definition) is 0. The maximum Gasteiger partial charge on any atom is 0.139 e. The first-order valence-corrected chi connectivity index (χ1v) is 4.63. The van der Waals surface area contributed by atoms with E-state index in [1.54, 1.807) is 0 Å². The summed E-state index contributed by atoms with van der Waals surface area (Å²) >= 11 is 0. The van der Waals surface area contributed by atoms with Gasteiger partial charge in [-0.2, -0.15) is 0 Å². The SMILES string of the molecule is CCc1cnc2c(c1)c(C)cn2C. The summed E-state index contributed by atoms with van der Waals surface area (Å²) in [7, 11) is 2.04. The molecule has 2 aromatic heterocycles. The van der Waals surface area contributed by atoms with E-state index >= 15 is 0 Å². The van der Waals surface area contributed by atoms with E-state index in [9.17, 15) is 0 Å². The van der Waals surface area contributed by atoms with Crippen molar-refractivity contribution in [2.24, 2.45) is 7.05 Å². The zero-order valence-corrected chi connectivity index (χ0v) is 8.33. The lowest BCUT2D eigenvalue weighted by Crippen LogP contribution is -1.88. The monoisotopic (exact) mass is 174 g/mol. The fourth-order valence-corrected chi connectivity index (χ4v) is 1.69. The van der Waals surface area contributed by atoms with Gasteiger partial charge in [0.15, 0.2) is 0 Å². The predicted octanol–water partition coefficient (Wildman–Crippen LogP) is 2.44. The van der Waals surface area contributed by atoms with Crippen LogP contribution in [-0.4, -0.2) is 9.55 Å². The van der Waals surface area contributed by atoms with Crippen LogP contribution in [0.3, 0.4) is 0 Å². The van der Waals surface area contributed by atoms with Crippen LogP contribution in [0.4, 0.5) is 0 Å². The molecule has 0 radical (unpaired) electrons. The highest BCUT2D eigenvalue weighted by atomic mass is 15.0. The summed E-state index contributed by atoms with van der Waals surface area (Å²) in [6.07, 6.45) is 5.14. The molecule has 2 heterocycles. The smallest absolute Gasteiger partial charge is 0.139 e. The molecule has 2 aromatic rings. The van der Waals surface area contributed by atoms with Crippen LogP contribution in [0.2, 0.25) is 0 Å². The first kappa shape index (κ1) is 8.30. The van der Waals surface area contributed by atoms with E-state index in [1.807, 2.05) is 13.2 Å². The molecule has 13 heavy (non-hydrogen) atoms. The van der Waals surface area contributed by atoms with E-state index in [4.69, 9.17) is 0 Å². The second-order valence-electron chi connectivity index (χ2n) is 3.49. The zero-order valence-electron chi connectivity index (χ0n) is 8.33. The van der Waals surface area contributed by atoms with Crippen molar-refractivity contribution in [2.75, 3.05) is 0 Å². The number of hydrogen-bond acceptors (Lipinski definition) is 1. The quantitative estimate of drug-likeness (QED) is 0.649. The Bertz CT molecular complexity index is 441. The third-order valence-corrected chi connectivity index (χ3v) is 2.48. The van der Waals surface area contributed by atoms with Crippen LogP contribution in [0.5, 0.6) is 0 Å². The van der Waals surface area contributed by atoms with Gasteiger partial charge in [-0.25, -0.2) is 4.98 Å². The average Bonchev–Trinajstić information content (AvgIpc) is 2.42. The van der Waals surface area contributed by atoms with Crippen molar-refractivity contribution in [3.63, 3.8) is 0 Å². The van der Waals surface area contributed by atoms with E-state index in [2.05, 4.69) is 35.7 Å². The van der Waals surface area contributed by atoms with Crippen LogP contribution in [0.1, 0.15) is 18.1 Å². The van der Waals surface area contributed by atoms with Crippen molar-refractivity contribution in [1.29, 1.82) is 0 Å². The molecule has 0 fully saturated rings. The standard InChI is InChI=1S/C11H14N2/c1-4-9-5-10-8(2)7-13(3)11(10)12-6-9/h5-7H,4H2,1-3H3. The van der Waals surface area contributed by atoms with E-state index in [0.29, 0.717) is 0 Å². The Labute approximate surface area is 78.2 Å². The Morgan fingerprint density at radius 1 is 1.46 bits per heavy atom. The van der Waals surface area contributed by atoms with Gasteiger partial charge in [-0.3, -0.25) is 0 Å². The Morgan fingerprint density at radius 2 is 2.23 bits per heavy atom. The van der Waals surface area contributed by atoms with Crippen LogP contribution in [0.15, 0.2) is 18.5 Å². The number of pyridine rings is 1. The minimum atomic E-state index is 1.05. The molecule has 0 bridgehead atoms. The molecule has 0 aliphatic heterocycles.